The number of para-hydroxylation sites is 2. The summed E-state index contributed by atoms with van der Waals surface area (Å²) >= 11 is 0. The highest BCUT2D eigenvalue weighted by Gasteiger charge is 2.16. The van der Waals surface area contributed by atoms with Crippen LogP contribution in [0.5, 0.6) is 0 Å². The third-order valence-electron chi connectivity index (χ3n) is 6.95. The number of nitrogens with one attached hydrogen (secondary N) is 1. The lowest BCUT2D eigenvalue weighted by molar-refractivity contribution is 0.102. The molecule has 4 aromatic carbocycles. The van der Waals surface area contributed by atoms with Gasteiger partial charge in [0.15, 0.2) is 0 Å². The highest BCUT2D eigenvalue weighted by atomic mass is 19.1. The van der Waals surface area contributed by atoms with Crippen molar-refractivity contribution in [2.75, 3.05) is 31.5 Å². The molecule has 0 radical (unpaired) electrons. The van der Waals surface area contributed by atoms with E-state index in [4.69, 9.17) is 14.4 Å². The summed E-state index contributed by atoms with van der Waals surface area (Å²) in [5, 5.41) is 10.2. The molecule has 0 atom stereocenters. The van der Waals surface area contributed by atoms with Crippen molar-refractivity contribution in [2.24, 2.45) is 10.3 Å². The van der Waals surface area contributed by atoms with E-state index in [0.717, 1.165) is 0 Å². The lowest BCUT2D eigenvalue weighted by Gasteiger charge is -2.18. The normalized spacial score (nSPS) is 11.0. The molecular formula is C37H36F2N4O8. The van der Waals surface area contributed by atoms with Crippen LogP contribution in [0.1, 0.15) is 45.7 Å². The number of methoxy groups -OCH3 is 2. The largest absolute Gasteiger partial charge is 0.453 e. The minimum atomic E-state index is -0.599. The molecule has 1 N–H and O–H groups in total. The van der Waals surface area contributed by atoms with Gasteiger partial charge in [0.05, 0.1) is 25.6 Å². The van der Waals surface area contributed by atoms with Crippen molar-refractivity contribution in [3.05, 3.63) is 131 Å². The second-order valence-electron chi connectivity index (χ2n) is 10.5. The number of oxime groups is 2. The predicted octanol–water partition coefficient (Wildman–Crippen LogP) is 7.58. The Hall–Kier alpha value is -6.44. The van der Waals surface area contributed by atoms with Gasteiger partial charge in [-0.2, -0.15) is 0 Å². The smallest absolute Gasteiger partial charge is 0.413 e. The van der Waals surface area contributed by atoms with E-state index in [2.05, 4.69) is 20.4 Å². The van der Waals surface area contributed by atoms with Crippen LogP contribution in [0.4, 0.5) is 29.7 Å². The second-order valence-corrected chi connectivity index (χ2v) is 10.5. The van der Waals surface area contributed by atoms with Crippen molar-refractivity contribution in [2.45, 2.75) is 27.1 Å². The summed E-state index contributed by atoms with van der Waals surface area (Å²) in [6.45, 7) is 3.13. The van der Waals surface area contributed by atoms with E-state index in [1.165, 1.54) is 81.5 Å². The zero-order valence-electron chi connectivity index (χ0n) is 28.5. The van der Waals surface area contributed by atoms with Gasteiger partial charge in [0.25, 0.3) is 0 Å². The number of anilines is 2. The molecule has 0 aliphatic carbocycles. The van der Waals surface area contributed by atoms with E-state index < -0.39 is 23.8 Å². The topological polar surface area (TPSA) is 145 Å². The molecule has 4 rings (SSSR count). The highest BCUT2D eigenvalue weighted by molar-refractivity contribution is 6.45. The van der Waals surface area contributed by atoms with Crippen LogP contribution < -0.4 is 10.2 Å². The van der Waals surface area contributed by atoms with Crippen LogP contribution >= 0.6 is 0 Å². The minimum Gasteiger partial charge on any atom is -0.453 e. The molecule has 2 amide bonds. The van der Waals surface area contributed by atoms with Crippen LogP contribution in [0.3, 0.4) is 0 Å². The van der Waals surface area contributed by atoms with Crippen molar-refractivity contribution in [1.29, 1.82) is 0 Å². The lowest BCUT2D eigenvalue weighted by atomic mass is 10.1. The van der Waals surface area contributed by atoms with Crippen LogP contribution in [0.2, 0.25) is 0 Å². The Morgan fingerprint density at radius 1 is 0.647 bits per heavy atom. The summed E-state index contributed by atoms with van der Waals surface area (Å²) in [5.74, 6) is -1.55. The van der Waals surface area contributed by atoms with Gasteiger partial charge in [-0.05, 0) is 74.5 Å². The molecule has 0 unspecified atom stereocenters. The minimum absolute atomic E-state index is 0.0498. The van der Waals surface area contributed by atoms with Crippen molar-refractivity contribution < 1.29 is 47.1 Å². The maximum Gasteiger partial charge on any atom is 0.413 e. The number of carbonyl (C=O) groups excluding carboxylic acids is 4. The molecule has 51 heavy (non-hydrogen) atoms. The molecular weight excluding hydrogens is 666 g/mol. The Kier molecular flexibility index (Phi) is 14.9. The Bertz CT molecular complexity index is 1880. The number of rotatable bonds is 12. The highest BCUT2D eigenvalue weighted by Crippen LogP contribution is 2.21. The maximum atomic E-state index is 12.9. The number of halogens is 2. The molecule has 0 bridgehead atoms. The summed E-state index contributed by atoms with van der Waals surface area (Å²) in [6.07, 6.45) is -1.11. The van der Waals surface area contributed by atoms with Gasteiger partial charge in [0.2, 0.25) is 11.6 Å². The first-order valence-electron chi connectivity index (χ1n) is 15.2. The number of hydrogen-bond donors (Lipinski definition) is 1. The Balaban J connectivity index is 0.000000276. The first-order valence-corrected chi connectivity index (χ1v) is 15.2. The van der Waals surface area contributed by atoms with Crippen LogP contribution in [-0.4, -0.2) is 56.4 Å². The van der Waals surface area contributed by atoms with E-state index in [1.54, 1.807) is 55.6 Å². The van der Waals surface area contributed by atoms with E-state index in [-0.39, 0.29) is 36.2 Å². The molecule has 0 saturated carbocycles. The third-order valence-corrected chi connectivity index (χ3v) is 6.95. The van der Waals surface area contributed by atoms with Crippen molar-refractivity contribution in [3.8, 4) is 0 Å². The molecule has 14 heteroatoms. The number of ketones is 2. The van der Waals surface area contributed by atoms with Gasteiger partial charge in [0, 0.05) is 29.3 Å². The summed E-state index contributed by atoms with van der Waals surface area (Å²) < 4.78 is 35.1. The van der Waals surface area contributed by atoms with Gasteiger partial charge in [0.1, 0.15) is 36.3 Å². The molecule has 12 nitrogen and oxygen atoms in total. The molecule has 0 aliphatic heterocycles. The fourth-order valence-electron chi connectivity index (χ4n) is 4.22. The first kappa shape index (κ1) is 39.0. The van der Waals surface area contributed by atoms with Crippen LogP contribution in [0.15, 0.2) is 107 Å². The van der Waals surface area contributed by atoms with E-state index in [0.29, 0.717) is 33.6 Å². The Morgan fingerprint density at radius 3 is 1.59 bits per heavy atom. The maximum absolute atomic E-state index is 12.9. The third kappa shape index (κ3) is 11.9. The number of hydrogen-bond acceptors (Lipinski definition) is 10. The second kappa shape index (κ2) is 19.5. The van der Waals surface area contributed by atoms with Gasteiger partial charge < -0.3 is 19.1 Å². The van der Waals surface area contributed by atoms with Crippen LogP contribution in [0, 0.1) is 11.6 Å². The molecule has 0 saturated heterocycles. The lowest BCUT2D eigenvalue weighted by Crippen LogP contribution is -2.26. The summed E-state index contributed by atoms with van der Waals surface area (Å²) in [5.41, 5.74) is 3.40. The van der Waals surface area contributed by atoms with Crippen molar-refractivity contribution in [1.82, 2.24) is 0 Å². The molecule has 0 fully saturated rings. The van der Waals surface area contributed by atoms with Crippen LogP contribution in [-0.2, 0) is 32.4 Å². The quantitative estimate of drug-likeness (QED) is 0.0904. The fourth-order valence-corrected chi connectivity index (χ4v) is 4.22. The fraction of sp³-hybridized carbons (Fsp3) is 0.189. The van der Waals surface area contributed by atoms with Gasteiger partial charge >= 0.3 is 12.2 Å². The Morgan fingerprint density at radius 2 is 1.10 bits per heavy atom. The Labute approximate surface area is 293 Å². The average molecular weight is 703 g/mol. The monoisotopic (exact) mass is 702 g/mol. The standard InChI is InChI=1S/C19H19FN2O4.C18H17FN2O4/c1-13(18(23)14-8-10-16(20)11-9-14)21-26-12-15-6-4-5-7-17(15)22(2)19(24)25-3;1-12(17(22)13-7-9-15(19)10-8-13)21-25-11-14-5-3-4-6-16(14)20-18(23)24-2/h4-11H,12H2,1-3H3;3-10H,11H2,1-2H3,(H,20,23)/b21-13+;21-12+. The summed E-state index contributed by atoms with van der Waals surface area (Å²) in [4.78, 5) is 59.2. The van der Waals surface area contributed by atoms with Crippen molar-refractivity contribution in [3.63, 3.8) is 0 Å². The van der Waals surface area contributed by atoms with Crippen molar-refractivity contribution >= 4 is 46.6 Å². The molecule has 0 aliphatic rings. The van der Waals surface area contributed by atoms with Gasteiger partial charge in [-0.15, -0.1) is 0 Å². The number of nitrogens with zero attached hydrogens (tertiary/aromatic N) is 3. The van der Waals surface area contributed by atoms with E-state index in [9.17, 15) is 28.0 Å². The van der Waals surface area contributed by atoms with Gasteiger partial charge in [-0.3, -0.25) is 19.8 Å². The van der Waals surface area contributed by atoms with E-state index in [1.807, 2.05) is 0 Å². The average Bonchev–Trinajstić information content (AvgIpc) is 3.15. The number of carbonyl (C=O) groups is 4. The molecule has 266 valence electrons. The molecule has 0 aromatic heterocycles. The zero-order chi connectivity index (χ0) is 37.3. The van der Waals surface area contributed by atoms with E-state index >= 15 is 0 Å². The summed E-state index contributed by atoms with van der Waals surface area (Å²) in [6, 6.07) is 24.4. The molecule has 0 spiro atoms. The predicted molar refractivity (Wildman–Crippen MR) is 187 cm³/mol. The van der Waals surface area contributed by atoms with Gasteiger partial charge in [-0.25, -0.2) is 18.4 Å². The van der Waals surface area contributed by atoms with Crippen LogP contribution in [0.25, 0.3) is 0 Å². The zero-order valence-corrected chi connectivity index (χ0v) is 28.5. The molecule has 0 heterocycles. The number of benzene rings is 4. The van der Waals surface area contributed by atoms with Gasteiger partial charge in [-0.1, -0.05) is 46.7 Å². The molecule has 4 aromatic rings. The first-order chi connectivity index (χ1) is 24.4. The number of Topliss-reactive ketones (excluding diaryl/α,β-unsaturated/α-hetero) is 2. The SMILES string of the molecule is COC(=O)N(C)c1ccccc1CO/N=C(\C)C(=O)c1ccc(F)cc1.COC(=O)Nc1ccccc1CO/N=C(\C)C(=O)c1ccc(F)cc1. The number of ether oxygens (including phenoxy) is 2. The summed E-state index contributed by atoms with van der Waals surface area (Å²) in [7, 11) is 4.15. The number of amides is 2.